The van der Waals surface area contributed by atoms with Gasteiger partial charge in [0.2, 0.25) is 0 Å². The molecular weight excluding hydrogens is 284 g/mol. The van der Waals surface area contributed by atoms with Crippen molar-refractivity contribution in [1.29, 1.82) is 0 Å². The van der Waals surface area contributed by atoms with E-state index in [0.29, 0.717) is 6.42 Å². The van der Waals surface area contributed by atoms with Crippen molar-refractivity contribution in [2.75, 3.05) is 0 Å². The van der Waals surface area contributed by atoms with E-state index in [1.165, 1.54) is 0 Å². The van der Waals surface area contributed by atoms with E-state index >= 15 is 0 Å². The molecule has 1 atom stereocenters. The molecule has 0 aliphatic rings. The second-order valence-electron chi connectivity index (χ2n) is 5.04. The van der Waals surface area contributed by atoms with Crippen molar-refractivity contribution < 1.29 is 9.90 Å². The lowest BCUT2D eigenvalue weighted by molar-refractivity contribution is 0.174. The van der Waals surface area contributed by atoms with Crippen molar-refractivity contribution in [3.8, 4) is 0 Å². The van der Waals surface area contributed by atoms with Crippen LogP contribution in [0.15, 0.2) is 22.8 Å². The highest BCUT2D eigenvalue weighted by Gasteiger charge is 2.26. The van der Waals surface area contributed by atoms with Crippen LogP contribution in [0.3, 0.4) is 0 Å². The zero-order valence-corrected chi connectivity index (χ0v) is 11.8. The van der Waals surface area contributed by atoms with Crippen LogP contribution >= 0.6 is 15.9 Å². The smallest absolute Gasteiger partial charge is 0.404 e. The second kappa shape index (κ2) is 5.49. The average Bonchev–Trinajstić information content (AvgIpc) is 2.18. The van der Waals surface area contributed by atoms with Gasteiger partial charge in [-0.15, -0.1) is 0 Å². The van der Waals surface area contributed by atoms with Gasteiger partial charge in [-0.05, 0) is 33.5 Å². The fourth-order valence-corrected chi connectivity index (χ4v) is 1.69. The molecule has 17 heavy (non-hydrogen) atoms. The molecule has 0 aliphatic carbocycles. The number of carboxylic acid groups (broad SMARTS) is 1. The third-order valence-electron chi connectivity index (χ3n) is 2.54. The molecule has 0 bridgehead atoms. The second-order valence-corrected chi connectivity index (χ2v) is 5.96. The van der Waals surface area contributed by atoms with Crippen LogP contribution < -0.4 is 5.32 Å². The van der Waals surface area contributed by atoms with E-state index in [1.807, 2.05) is 32.9 Å². The van der Waals surface area contributed by atoms with Crippen LogP contribution in [0.25, 0.3) is 0 Å². The number of rotatable bonds is 3. The van der Waals surface area contributed by atoms with Crippen molar-refractivity contribution in [3.05, 3.63) is 28.5 Å². The largest absolute Gasteiger partial charge is 0.465 e. The predicted octanol–water partition coefficient (Wildman–Crippen LogP) is 3.07. The minimum absolute atomic E-state index is 0.146. The van der Waals surface area contributed by atoms with Gasteiger partial charge in [-0.2, -0.15) is 0 Å². The molecule has 0 saturated carbocycles. The summed E-state index contributed by atoms with van der Waals surface area (Å²) >= 11 is 3.32. The molecular formula is C12H17BrN2O2. The van der Waals surface area contributed by atoms with Crippen molar-refractivity contribution in [2.45, 2.75) is 33.2 Å². The van der Waals surface area contributed by atoms with Crippen LogP contribution in [-0.2, 0) is 6.42 Å². The van der Waals surface area contributed by atoms with E-state index in [2.05, 4.69) is 26.2 Å². The first-order valence-electron chi connectivity index (χ1n) is 5.39. The Balaban J connectivity index is 2.79. The van der Waals surface area contributed by atoms with Gasteiger partial charge in [0.1, 0.15) is 0 Å². The third kappa shape index (κ3) is 4.73. The number of halogens is 1. The summed E-state index contributed by atoms with van der Waals surface area (Å²) in [5, 5.41) is 11.4. The van der Waals surface area contributed by atoms with Gasteiger partial charge in [0, 0.05) is 28.8 Å². The maximum atomic E-state index is 10.8. The topological polar surface area (TPSA) is 62.2 Å². The van der Waals surface area contributed by atoms with Gasteiger partial charge in [0.25, 0.3) is 0 Å². The molecule has 4 nitrogen and oxygen atoms in total. The fourth-order valence-electron chi connectivity index (χ4n) is 1.46. The number of hydrogen-bond donors (Lipinski definition) is 2. The number of nitrogens with zero attached hydrogens (tertiary/aromatic N) is 1. The molecule has 1 unspecified atom stereocenters. The van der Waals surface area contributed by atoms with E-state index in [9.17, 15) is 4.79 Å². The lowest BCUT2D eigenvalue weighted by Crippen LogP contribution is -2.44. The molecule has 0 fully saturated rings. The highest BCUT2D eigenvalue weighted by Crippen LogP contribution is 2.22. The van der Waals surface area contributed by atoms with Crippen molar-refractivity contribution >= 4 is 22.0 Å². The predicted molar refractivity (Wildman–Crippen MR) is 70.0 cm³/mol. The summed E-state index contributed by atoms with van der Waals surface area (Å²) in [6, 6.07) is 3.64. The zero-order chi connectivity index (χ0) is 13.1. The zero-order valence-electron chi connectivity index (χ0n) is 10.2. The third-order valence-corrected chi connectivity index (χ3v) is 3.01. The maximum absolute atomic E-state index is 10.8. The first-order chi connectivity index (χ1) is 7.79. The van der Waals surface area contributed by atoms with E-state index in [4.69, 9.17) is 5.11 Å². The Bertz CT molecular complexity index is 384. The van der Waals surface area contributed by atoms with Crippen LogP contribution in [-0.4, -0.2) is 22.2 Å². The number of amides is 1. The Labute approximate surface area is 110 Å². The minimum atomic E-state index is -0.998. The summed E-state index contributed by atoms with van der Waals surface area (Å²) in [7, 11) is 0. The standard InChI is InChI=1S/C12H17BrN2O2/c1-12(2,3)10(15-11(16)17)6-9-5-4-8(13)7-14-9/h4-5,7,10,15H,6H2,1-3H3,(H,16,17). The quantitative estimate of drug-likeness (QED) is 0.902. The Morgan fingerprint density at radius 2 is 2.18 bits per heavy atom. The molecule has 0 saturated heterocycles. The summed E-state index contributed by atoms with van der Waals surface area (Å²) in [4.78, 5) is 15.0. The molecule has 2 N–H and O–H groups in total. The SMILES string of the molecule is CC(C)(C)C(Cc1ccc(Br)cn1)NC(=O)O. The Morgan fingerprint density at radius 1 is 1.53 bits per heavy atom. The average molecular weight is 301 g/mol. The van der Waals surface area contributed by atoms with Crippen LogP contribution in [0.4, 0.5) is 4.79 Å². The molecule has 1 aromatic heterocycles. The summed E-state index contributed by atoms with van der Waals surface area (Å²) in [5.41, 5.74) is 0.731. The summed E-state index contributed by atoms with van der Waals surface area (Å²) in [6.45, 7) is 6.02. The summed E-state index contributed by atoms with van der Waals surface area (Å²) < 4.78 is 0.916. The van der Waals surface area contributed by atoms with Gasteiger partial charge < -0.3 is 10.4 Å². The van der Waals surface area contributed by atoms with E-state index < -0.39 is 6.09 Å². The molecule has 0 radical (unpaired) electrons. The molecule has 1 heterocycles. The first-order valence-corrected chi connectivity index (χ1v) is 6.18. The first kappa shape index (κ1) is 14.0. The molecule has 1 amide bonds. The Morgan fingerprint density at radius 3 is 2.59 bits per heavy atom. The van der Waals surface area contributed by atoms with E-state index in [0.717, 1.165) is 10.2 Å². The van der Waals surface area contributed by atoms with Gasteiger partial charge >= 0.3 is 6.09 Å². The monoisotopic (exact) mass is 300 g/mol. The molecule has 0 aliphatic heterocycles. The molecule has 0 spiro atoms. The van der Waals surface area contributed by atoms with Gasteiger partial charge in [0.15, 0.2) is 0 Å². The van der Waals surface area contributed by atoms with Crippen LogP contribution in [0, 0.1) is 5.41 Å². The van der Waals surface area contributed by atoms with Crippen molar-refractivity contribution in [3.63, 3.8) is 0 Å². The van der Waals surface area contributed by atoms with Gasteiger partial charge in [-0.1, -0.05) is 20.8 Å². The molecule has 94 valence electrons. The number of pyridine rings is 1. The lowest BCUT2D eigenvalue weighted by atomic mass is 9.84. The Kier molecular flexibility index (Phi) is 4.51. The normalized spacial score (nSPS) is 13.2. The van der Waals surface area contributed by atoms with Crippen LogP contribution in [0.5, 0.6) is 0 Å². The molecule has 1 rings (SSSR count). The Hall–Kier alpha value is -1.10. The minimum Gasteiger partial charge on any atom is -0.465 e. The van der Waals surface area contributed by atoms with Gasteiger partial charge in [0.05, 0.1) is 0 Å². The lowest BCUT2D eigenvalue weighted by Gasteiger charge is -2.30. The van der Waals surface area contributed by atoms with Crippen LogP contribution in [0.2, 0.25) is 0 Å². The maximum Gasteiger partial charge on any atom is 0.404 e. The summed E-state index contributed by atoms with van der Waals surface area (Å²) in [5.74, 6) is 0. The van der Waals surface area contributed by atoms with E-state index in [1.54, 1.807) is 6.20 Å². The van der Waals surface area contributed by atoms with Gasteiger partial charge in [-0.25, -0.2) is 4.79 Å². The molecule has 0 aromatic carbocycles. The van der Waals surface area contributed by atoms with Gasteiger partial charge in [-0.3, -0.25) is 4.98 Å². The number of hydrogen-bond acceptors (Lipinski definition) is 2. The molecule has 5 heteroatoms. The van der Waals surface area contributed by atoms with Crippen LogP contribution in [0.1, 0.15) is 26.5 Å². The number of aromatic nitrogens is 1. The molecule has 1 aromatic rings. The summed E-state index contributed by atoms with van der Waals surface area (Å²) in [6.07, 6.45) is 1.31. The highest BCUT2D eigenvalue weighted by atomic mass is 79.9. The number of carbonyl (C=O) groups is 1. The number of nitrogens with one attached hydrogen (secondary N) is 1. The van der Waals surface area contributed by atoms with Crippen molar-refractivity contribution in [1.82, 2.24) is 10.3 Å². The fraction of sp³-hybridized carbons (Fsp3) is 0.500. The van der Waals surface area contributed by atoms with Crippen molar-refractivity contribution in [2.24, 2.45) is 5.41 Å². The highest BCUT2D eigenvalue weighted by molar-refractivity contribution is 9.10. The van der Waals surface area contributed by atoms with E-state index in [-0.39, 0.29) is 11.5 Å².